The molecule has 50 heavy (non-hydrogen) atoms. The predicted octanol–water partition coefficient (Wildman–Crippen LogP) is 9.33. The molecule has 0 amide bonds. The molecule has 3 heterocycles. The van der Waals surface area contributed by atoms with Crippen molar-refractivity contribution in [3.05, 3.63) is 52.4 Å². The van der Waals surface area contributed by atoms with E-state index in [1.807, 2.05) is 0 Å². The van der Waals surface area contributed by atoms with Gasteiger partial charge in [-0.05, 0) is 208 Å². The van der Waals surface area contributed by atoms with Gasteiger partial charge >= 0.3 is 0 Å². The van der Waals surface area contributed by atoms with Gasteiger partial charge in [-0.1, -0.05) is 0 Å². The maximum absolute atomic E-state index is 5.81. The molecule has 15 rings (SSSR count). The second-order valence-corrected chi connectivity index (χ2v) is 21.3. The zero-order valence-corrected chi connectivity index (χ0v) is 31.3. The zero-order chi connectivity index (χ0) is 33.4. The van der Waals surface area contributed by atoms with Gasteiger partial charge in [-0.3, -0.25) is 0 Å². The summed E-state index contributed by atoms with van der Waals surface area (Å²) in [5.41, 5.74) is 8.69. The van der Waals surface area contributed by atoms with Crippen LogP contribution >= 0.6 is 0 Å². The lowest BCUT2D eigenvalue weighted by Crippen LogP contribution is -2.51. The molecule has 6 nitrogen and oxygen atoms in total. The van der Waals surface area contributed by atoms with Gasteiger partial charge in [0.15, 0.2) is 0 Å². The van der Waals surface area contributed by atoms with E-state index in [1.54, 1.807) is 0 Å². The Balaban J connectivity index is 1.01. The van der Waals surface area contributed by atoms with Gasteiger partial charge < -0.3 is 0 Å². The summed E-state index contributed by atoms with van der Waals surface area (Å²) >= 11 is 0. The number of aromatic nitrogens is 6. The summed E-state index contributed by atoms with van der Waals surface area (Å²) in [6.45, 7) is 9.39. The minimum Gasteiger partial charge on any atom is -0.222 e. The van der Waals surface area contributed by atoms with Crippen LogP contribution in [0.15, 0.2) is 18.2 Å². The quantitative estimate of drug-likeness (QED) is 0.262. The van der Waals surface area contributed by atoms with Gasteiger partial charge in [-0.15, -0.1) is 0 Å². The Hall–Kier alpha value is -2.37. The highest BCUT2D eigenvalue weighted by atomic mass is 15.6. The standard InChI is InChI=1S/C44H60N6/c1-26-5-38(42-17-29-8-30(18-42)10-31(9-29)19-42)45-48(26)41(4,49-27(2)6-39(46-49)43-20-32-11-33(21-43)13-34(12-32)22-43)50-28(3)7-40(47-50)44-23-35-14-36(24-44)16-37(15-35)25-44/h5-7,29-37H,8-25H2,1-4H3. The van der Waals surface area contributed by atoms with Crippen LogP contribution in [0.25, 0.3) is 0 Å². The number of nitrogens with zero attached hydrogens (tertiary/aromatic N) is 6. The third-order valence-electron chi connectivity index (χ3n) is 17.6. The summed E-state index contributed by atoms with van der Waals surface area (Å²) in [7, 11) is 0. The molecule has 12 aliphatic rings. The Morgan fingerprint density at radius 3 is 0.820 bits per heavy atom. The van der Waals surface area contributed by atoms with Crippen molar-refractivity contribution in [2.45, 2.75) is 165 Å². The Labute approximate surface area is 299 Å². The van der Waals surface area contributed by atoms with Gasteiger partial charge in [0.05, 0.1) is 17.1 Å². The maximum Gasteiger partial charge on any atom is 0.246 e. The second-order valence-electron chi connectivity index (χ2n) is 21.3. The van der Waals surface area contributed by atoms with Crippen LogP contribution in [0, 0.1) is 74.0 Å². The van der Waals surface area contributed by atoms with Gasteiger partial charge in [-0.25, -0.2) is 14.0 Å². The molecule has 12 saturated carbocycles. The molecule has 0 unspecified atom stereocenters. The Morgan fingerprint density at radius 2 is 0.620 bits per heavy atom. The number of rotatable bonds is 6. The molecule has 266 valence electrons. The molecule has 3 aromatic heterocycles. The molecule has 0 N–H and O–H groups in total. The van der Waals surface area contributed by atoms with Crippen molar-refractivity contribution in [2.24, 2.45) is 53.3 Å². The van der Waals surface area contributed by atoms with Crippen LogP contribution < -0.4 is 0 Å². The van der Waals surface area contributed by atoms with E-state index in [-0.39, 0.29) is 16.2 Å². The van der Waals surface area contributed by atoms with Crippen molar-refractivity contribution in [3.8, 4) is 0 Å². The van der Waals surface area contributed by atoms with E-state index >= 15 is 0 Å². The summed E-state index contributed by atoms with van der Waals surface area (Å²) < 4.78 is 7.19. The molecule has 0 atom stereocenters. The molecule has 0 aromatic carbocycles. The molecule has 12 aliphatic carbocycles. The highest BCUT2D eigenvalue weighted by Gasteiger charge is 2.56. The first-order valence-electron chi connectivity index (χ1n) is 21.3. The summed E-state index contributed by atoms with van der Waals surface area (Å²) in [5.74, 6) is 7.48. The Bertz CT molecular complexity index is 1560. The highest BCUT2D eigenvalue weighted by Crippen LogP contribution is 2.63. The fourth-order valence-electron chi connectivity index (χ4n) is 17.0. The first-order valence-corrected chi connectivity index (χ1v) is 21.3. The first kappa shape index (κ1) is 30.1. The molecule has 3 aromatic rings. The van der Waals surface area contributed by atoms with Crippen LogP contribution in [0.5, 0.6) is 0 Å². The van der Waals surface area contributed by atoms with E-state index in [2.05, 4.69) is 59.9 Å². The lowest BCUT2D eigenvalue weighted by atomic mass is 9.49. The summed E-state index contributed by atoms with van der Waals surface area (Å²) in [6.07, 6.45) is 25.3. The van der Waals surface area contributed by atoms with Crippen molar-refractivity contribution >= 4 is 0 Å². The normalized spacial score (nSPS) is 46.0. The van der Waals surface area contributed by atoms with E-state index in [0.29, 0.717) is 0 Å². The largest absolute Gasteiger partial charge is 0.246 e. The molecule has 12 fully saturated rings. The highest BCUT2D eigenvalue weighted by molar-refractivity contribution is 5.30. The van der Waals surface area contributed by atoms with E-state index in [4.69, 9.17) is 15.3 Å². The van der Waals surface area contributed by atoms with Crippen molar-refractivity contribution in [3.63, 3.8) is 0 Å². The van der Waals surface area contributed by atoms with E-state index in [0.717, 1.165) is 53.3 Å². The first-order chi connectivity index (χ1) is 24.1. The monoisotopic (exact) mass is 672 g/mol. The maximum atomic E-state index is 5.81. The molecule has 0 radical (unpaired) electrons. The molecule has 12 bridgehead atoms. The van der Waals surface area contributed by atoms with Gasteiger partial charge in [0, 0.05) is 40.3 Å². The lowest BCUT2D eigenvalue weighted by Gasteiger charge is -2.56. The minimum absolute atomic E-state index is 0.263. The van der Waals surface area contributed by atoms with Crippen molar-refractivity contribution in [1.29, 1.82) is 0 Å². The SMILES string of the molecule is Cc1cc(C23CC4CC(CC(C4)C2)C3)nn1C(C)(n1nc(C23CC4CC(CC(C4)C2)C3)cc1C)n1nc(C23CC4CC(CC(C4)C2)C3)cc1C. The minimum atomic E-state index is -0.695. The smallest absolute Gasteiger partial charge is 0.222 e. The van der Waals surface area contributed by atoms with Crippen LogP contribution in [0.2, 0.25) is 0 Å². The van der Waals surface area contributed by atoms with Crippen LogP contribution in [-0.2, 0) is 22.0 Å². The third-order valence-corrected chi connectivity index (χ3v) is 17.6. The van der Waals surface area contributed by atoms with Crippen molar-refractivity contribution < 1.29 is 0 Å². The van der Waals surface area contributed by atoms with Crippen LogP contribution in [0.3, 0.4) is 0 Å². The predicted molar refractivity (Wildman–Crippen MR) is 195 cm³/mol. The van der Waals surface area contributed by atoms with E-state index in [9.17, 15) is 0 Å². The average Bonchev–Trinajstić information content (AvgIpc) is 3.76. The van der Waals surface area contributed by atoms with Gasteiger partial charge in [0.1, 0.15) is 0 Å². The van der Waals surface area contributed by atoms with Crippen molar-refractivity contribution in [2.75, 3.05) is 0 Å². The number of hydrogen-bond donors (Lipinski definition) is 0. The van der Waals surface area contributed by atoms with Gasteiger partial charge in [0.2, 0.25) is 5.79 Å². The Kier molecular flexibility index (Phi) is 5.89. The Morgan fingerprint density at radius 1 is 0.420 bits per heavy atom. The van der Waals surface area contributed by atoms with Crippen LogP contribution in [0.1, 0.15) is 157 Å². The molecule has 0 aliphatic heterocycles. The lowest BCUT2D eigenvalue weighted by molar-refractivity contribution is -0.00979. The molecule has 6 heteroatoms. The van der Waals surface area contributed by atoms with Crippen LogP contribution in [0.4, 0.5) is 0 Å². The van der Waals surface area contributed by atoms with E-state index in [1.165, 1.54) is 150 Å². The zero-order valence-electron chi connectivity index (χ0n) is 31.3. The summed E-state index contributed by atoms with van der Waals surface area (Å²) in [5, 5.41) is 17.4. The summed E-state index contributed by atoms with van der Waals surface area (Å²) in [6, 6.07) is 7.51. The van der Waals surface area contributed by atoms with E-state index < -0.39 is 5.79 Å². The summed E-state index contributed by atoms with van der Waals surface area (Å²) in [4.78, 5) is 0. The topological polar surface area (TPSA) is 53.5 Å². The van der Waals surface area contributed by atoms with Gasteiger partial charge in [0.25, 0.3) is 0 Å². The molecular weight excluding hydrogens is 613 g/mol. The van der Waals surface area contributed by atoms with Crippen molar-refractivity contribution in [1.82, 2.24) is 29.3 Å². The fraction of sp³-hybridized carbons (Fsp3) is 0.795. The second kappa shape index (κ2) is 9.78. The van der Waals surface area contributed by atoms with Crippen LogP contribution in [-0.4, -0.2) is 29.3 Å². The van der Waals surface area contributed by atoms with Gasteiger partial charge in [-0.2, -0.15) is 15.3 Å². The fourth-order valence-corrected chi connectivity index (χ4v) is 17.0. The molecule has 0 spiro atoms. The number of aryl methyl sites for hydroxylation is 3. The average molecular weight is 673 g/mol. The molecule has 0 saturated heterocycles. The number of hydrogen-bond acceptors (Lipinski definition) is 3. The molecular formula is C44H60N6. The third kappa shape index (κ3) is 4.01.